The van der Waals surface area contributed by atoms with Gasteiger partial charge in [-0.3, -0.25) is 0 Å². The van der Waals surface area contributed by atoms with E-state index in [0.717, 1.165) is 35.3 Å². The lowest BCUT2D eigenvalue weighted by Gasteiger charge is -2.37. The van der Waals surface area contributed by atoms with Crippen LogP contribution in [-0.4, -0.2) is 22.8 Å². The molecule has 1 N–H and O–H groups in total. The first-order valence-electron chi connectivity index (χ1n) is 11.6. The third-order valence-electron chi connectivity index (χ3n) is 7.01. The Kier molecular flexibility index (Phi) is 8.68. The fraction of sp³-hybridized carbons (Fsp3) is 0.556. The van der Waals surface area contributed by atoms with Crippen molar-refractivity contribution < 1.29 is 27.2 Å². The number of alkyl halides is 3. The van der Waals surface area contributed by atoms with Crippen molar-refractivity contribution in [1.29, 1.82) is 0 Å². The fourth-order valence-corrected chi connectivity index (χ4v) is 4.28. The van der Waals surface area contributed by atoms with Gasteiger partial charge in [-0.2, -0.15) is 13.2 Å². The summed E-state index contributed by atoms with van der Waals surface area (Å²) in [5.74, 6) is 0.927. The summed E-state index contributed by atoms with van der Waals surface area (Å²) in [5.41, 5.74) is -2.31. The Balaban J connectivity index is 2.35. The number of aliphatic hydroxyl groups is 1. The van der Waals surface area contributed by atoms with Crippen molar-refractivity contribution in [1.82, 2.24) is 0 Å². The van der Waals surface area contributed by atoms with Crippen LogP contribution in [0.5, 0.6) is 11.5 Å². The molecule has 0 amide bonds. The SMILES string of the molecule is CCC(CC)(c1ccc(OCC(C)(O)C(C)(C)C)c(C)c1)c1ccc(OSC(F)(F)F)c(C)c1. The lowest BCUT2D eigenvalue weighted by atomic mass is 9.70. The first kappa shape index (κ1) is 28.4. The third-order valence-corrected chi connectivity index (χ3v) is 7.46. The molecule has 0 aliphatic carbocycles. The van der Waals surface area contributed by atoms with Crippen LogP contribution >= 0.6 is 12.0 Å². The number of aryl methyl sites for hydroxylation is 2. The quantitative estimate of drug-likeness (QED) is 0.354. The van der Waals surface area contributed by atoms with Gasteiger partial charge in [-0.15, -0.1) is 0 Å². The van der Waals surface area contributed by atoms with Gasteiger partial charge in [0.25, 0.3) is 0 Å². The van der Waals surface area contributed by atoms with E-state index in [1.807, 2.05) is 52.0 Å². The van der Waals surface area contributed by atoms with Crippen molar-refractivity contribution in [2.75, 3.05) is 6.61 Å². The molecular weight excluding hydrogens is 461 g/mol. The normalized spacial score (nSPS) is 14.6. The molecule has 1 atom stereocenters. The molecule has 0 aromatic heterocycles. The molecule has 7 heteroatoms. The molecule has 0 fully saturated rings. The van der Waals surface area contributed by atoms with Gasteiger partial charge in [-0.05, 0) is 73.4 Å². The minimum atomic E-state index is -4.45. The van der Waals surface area contributed by atoms with Crippen LogP contribution < -0.4 is 8.92 Å². The van der Waals surface area contributed by atoms with Gasteiger partial charge in [-0.1, -0.05) is 58.9 Å². The van der Waals surface area contributed by atoms with E-state index in [9.17, 15) is 18.3 Å². The first-order valence-corrected chi connectivity index (χ1v) is 12.3. The Hall–Kier alpha value is -1.86. The second-order valence-electron chi connectivity index (χ2n) is 10.2. The number of hydrogen-bond donors (Lipinski definition) is 1. The van der Waals surface area contributed by atoms with Crippen LogP contribution in [0.25, 0.3) is 0 Å². The highest BCUT2D eigenvalue weighted by Gasteiger charge is 2.37. The van der Waals surface area contributed by atoms with Crippen molar-refractivity contribution in [3.05, 3.63) is 58.7 Å². The second-order valence-corrected chi connectivity index (χ2v) is 11.0. The van der Waals surface area contributed by atoms with E-state index in [4.69, 9.17) is 8.92 Å². The van der Waals surface area contributed by atoms with Crippen LogP contribution in [0.2, 0.25) is 0 Å². The van der Waals surface area contributed by atoms with Gasteiger partial charge in [0.1, 0.15) is 23.7 Å². The average Bonchev–Trinajstić information content (AvgIpc) is 2.72. The number of benzene rings is 2. The van der Waals surface area contributed by atoms with E-state index in [0.29, 0.717) is 5.56 Å². The van der Waals surface area contributed by atoms with E-state index in [1.54, 1.807) is 19.9 Å². The average molecular weight is 499 g/mol. The maximum absolute atomic E-state index is 12.5. The molecule has 0 bridgehead atoms. The van der Waals surface area contributed by atoms with Crippen LogP contribution in [-0.2, 0) is 5.41 Å². The zero-order valence-corrected chi connectivity index (χ0v) is 22.2. The molecule has 2 aromatic rings. The first-order chi connectivity index (χ1) is 15.6. The second kappa shape index (κ2) is 10.4. The van der Waals surface area contributed by atoms with Gasteiger partial charge in [-0.25, -0.2) is 0 Å². The predicted molar refractivity (Wildman–Crippen MR) is 134 cm³/mol. The standard InChI is InChI=1S/C27H37F3O3S/c1-9-26(10-2,21-12-14-23(19(4)16-21)33-34-27(28,29)30)20-11-13-22(18(3)15-20)32-17-25(8,31)24(5,6)7/h11-16,31H,9-10,17H2,1-8H3. The van der Waals surface area contributed by atoms with E-state index in [1.165, 1.54) is 0 Å². The largest absolute Gasteiger partial charge is 0.490 e. The van der Waals surface area contributed by atoms with Gasteiger partial charge >= 0.3 is 5.51 Å². The third kappa shape index (κ3) is 6.42. The topological polar surface area (TPSA) is 38.7 Å². The summed E-state index contributed by atoms with van der Waals surface area (Å²) in [4.78, 5) is 0. The molecule has 0 saturated carbocycles. The highest BCUT2D eigenvalue weighted by atomic mass is 32.2. The molecule has 0 spiro atoms. The summed E-state index contributed by atoms with van der Waals surface area (Å²) >= 11 is -0.498. The molecule has 190 valence electrons. The predicted octanol–water partition coefficient (Wildman–Crippen LogP) is 8.13. The summed E-state index contributed by atoms with van der Waals surface area (Å²) in [6, 6.07) is 11.5. The zero-order chi connectivity index (χ0) is 25.9. The Labute approximate surface area is 206 Å². The van der Waals surface area contributed by atoms with Gasteiger partial charge in [0.2, 0.25) is 0 Å². The summed E-state index contributed by atoms with van der Waals surface area (Å²) < 4.78 is 48.5. The van der Waals surface area contributed by atoms with E-state index >= 15 is 0 Å². The molecule has 0 heterocycles. The van der Waals surface area contributed by atoms with Crippen molar-refractivity contribution in [2.45, 2.75) is 84.8 Å². The fourth-order valence-electron chi connectivity index (χ4n) is 3.91. The molecule has 3 nitrogen and oxygen atoms in total. The van der Waals surface area contributed by atoms with Crippen molar-refractivity contribution in [2.24, 2.45) is 5.41 Å². The van der Waals surface area contributed by atoms with Crippen molar-refractivity contribution in [3.63, 3.8) is 0 Å². The maximum atomic E-state index is 12.5. The number of rotatable bonds is 9. The minimum Gasteiger partial charge on any atom is -0.490 e. The highest BCUT2D eigenvalue weighted by molar-refractivity contribution is 7.95. The Morgan fingerprint density at radius 2 is 1.29 bits per heavy atom. The van der Waals surface area contributed by atoms with Gasteiger partial charge in [0.15, 0.2) is 12.0 Å². The minimum absolute atomic E-state index is 0.181. The highest BCUT2D eigenvalue weighted by Crippen LogP contribution is 2.42. The van der Waals surface area contributed by atoms with Crippen LogP contribution in [0.3, 0.4) is 0 Å². The summed E-state index contributed by atoms with van der Waals surface area (Å²) in [7, 11) is 0. The van der Waals surface area contributed by atoms with E-state index < -0.39 is 23.2 Å². The van der Waals surface area contributed by atoms with Crippen LogP contribution in [0.4, 0.5) is 13.2 Å². The Bertz CT molecular complexity index is 974. The lowest BCUT2D eigenvalue weighted by Crippen LogP contribution is -2.45. The van der Waals surface area contributed by atoms with Gasteiger partial charge in [0.05, 0.1) is 0 Å². The smallest absolute Gasteiger partial charge is 0.479 e. The summed E-state index contributed by atoms with van der Waals surface area (Å²) in [6.45, 7) is 15.9. The molecule has 0 radical (unpaired) electrons. The molecule has 34 heavy (non-hydrogen) atoms. The summed E-state index contributed by atoms with van der Waals surface area (Å²) in [6.07, 6.45) is 1.64. The van der Waals surface area contributed by atoms with E-state index in [-0.39, 0.29) is 23.2 Å². The van der Waals surface area contributed by atoms with Crippen LogP contribution in [0.1, 0.15) is 76.6 Å². The molecule has 1 unspecified atom stereocenters. The molecule has 2 aromatic carbocycles. The Morgan fingerprint density at radius 3 is 1.68 bits per heavy atom. The molecule has 0 aliphatic heterocycles. The van der Waals surface area contributed by atoms with Crippen LogP contribution in [0, 0.1) is 19.3 Å². The zero-order valence-electron chi connectivity index (χ0n) is 21.4. The molecule has 0 aliphatic rings. The summed E-state index contributed by atoms with van der Waals surface area (Å²) in [5, 5.41) is 10.7. The monoisotopic (exact) mass is 498 g/mol. The van der Waals surface area contributed by atoms with Gasteiger partial charge in [0, 0.05) is 5.41 Å². The molecule has 2 rings (SSSR count). The van der Waals surface area contributed by atoms with Crippen molar-refractivity contribution in [3.8, 4) is 11.5 Å². The number of hydrogen-bond acceptors (Lipinski definition) is 4. The molecule has 0 saturated heterocycles. The van der Waals surface area contributed by atoms with Crippen molar-refractivity contribution >= 4 is 12.0 Å². The Morgan fingerprint density at radius 1 is 0.824 bits per heavy atom. The van der Waals surface area contributed by atoms with Crippen LogP contribution in [0.15, 0.2) is 36.4 Å². The maximum Gasteiger partial charge on any atom is 0.479 e. The number of ether oxygens (including phenoxy) is 1. The lowest BCUT2D eigenvalue weighted by molar-refractivity contribution is -0.0725. The number of halogens is 3. The van der Waals surface area contributed by atoms with Gasteiger partial charge < -0.3 is 14.0 Å². The van der Waals surface area contributed by atoms with E-state index in [2.05, 4.69) is 19.9 Å². The molecular formula is C27H37F3O3S.